The van der Waals surface area contributed by atoms with Crippen molar-refractivity contribution >= 4 is 46.6 Å². The van der Waals surface area contributed by atoms with E-state index in [1.165, 1.54) is 0 Å². The number of nitrogens with zero attached hydrogens (tertiary/aromatic N) is 1. The lowest BCUT2D eigenvalue weighted by atomic mass is 10.2. The number of anilines is 1. The number of halogens is 2. The van der Waals surface area contributed by atoms with Crippen molar-refractivity contribution in [2.75, 3.05) is 10.7 Å². The highest BCUT2D eigenvalue weighted by Crippen LogP contribution is 2.44. The fourth-order valence-corrected chi connectivity index (χ4v) is 4.01. The Bertz CT molecular complexity index is 648. The second-order valence-corrected chi connectivity index (χ2v) is 6.34. The van der Waals surface area contributed by atoms with Crippen molar-refractivity contribution < 1.29 is 4.79 Å². The van der Waals surface area contributed by atoms with Crippen LogP contribution >= 0.6 is 35.0 Å². The van der Waals surface area contributed by atoms with Gasteiger partial charge in [0, 0.05) is 21.3 Å². The van der Waals surface area contributed by atoms with Crippen molar-refractivity contribution in [3.63, 3.8) is 0 Å². The number of carbonyl (C=O) groups excluding carboxylic acids is 1. The molecule has 0 N–H and O–H groups in total. The summed E-state index contributed by atoms with van der Waals surface area (Å²) >= 11 is 13.8. The molecule has 3 rings (SSSR count). The highest BCUT2D eigenvalue weighted by Gasteiger charge is 2.34. The first-order chi connectivity index (χ1) is 9.66. The van der Waals surface area contributed by atoms with E-state index in [1.807, 2.05) is 36.4 Å². The number of benzene rings is 2. The largest absolute Gasteiger partial charge is 0.295 e. The molecule has 0 bridgehead atoms. The molecule has 2 aromatic carbocycles. The van der Waals surface area contributed by atoms with E-state index in [1.54, 1.807) is 28.8 Å². The molecular formula is C15H11Cl2NOS. The zero-order chi connectivity index (χ0) is 14.1. The van der Waals surface area contributed by atoms with Gasteiger partial charge in [0.2, 0.25) is 5.91 Å². The third-order valence-electron chi connectivity index (χ3n) is 3.13. The second kappa shape index (κ2) is 5.68. The van der Waals surface area contributed by atoms with E-state index in [2.05, 4.69) is 0 Å². The molecule has 1 heterocycles. The molecule has 0 spiro atoms. The molecule has 5 heteroatoms. The van der Waals surface area contributed by atoms with Crippen LogP contribution in [0.2, 0.25) is 10.0 Å². The summed E-state index contributed by atoms with van der Waals surface area (Å²) < 4.78 is 0. The van der Waals surface area contributed by atoms with Crippen LogP contribution in [-0.4, -0.2) is 11.7 Å². The molecule has 0 radical (unpaired) electrons. The maximum absolute atomic E-state index is 12.2. The number of para-hydroxylation sites is 1. The highest BCUT2D eigenvalue weighted by atomic mass is 35.5. The van der Waals surface area contributed by atoms with Crippen LogP contribution in [0.5, 0.6) is 0 Å². The molecule has 0 aromatic heterocycles. The minimum Gasteiger partial charge on any atom is -0.295 e. The fraction of sp³-hybridized carbons (Fsp3) is 0.133. The first-order valence-electron chi connectivity index (χ1n) is 6.10. The lowest BCUT2D eigenvalue weighted by Crippen LogP contribution is -2.27. The summed E-state index contributed by atoms with van der Waals surface area (Å²) in [5.74, 6) is 0.552. The molecular weight excluding hydrogens is 313 g/mol. The molecule has 2 nitrogen and oxygen atoms in total. The van der Waals surface area contributed by atoms with Crippen molar-refractivity contribution in [1.29, 1.82) is 0 Å². The predicted molar refractivity (Wildman–Crippen MR) is 85.6 cm³/mol. The SMILES string of the molecule is O=C1CS[C@@H](c2ccc(Cl)cc2Cl)N1c1ccccc1. The molecule has 102 valence electrons. The van der Waals surface area contributed by atoms with Gasteiger partial charge in [-0.2, -0.15) is 0 Å². The average molecular weight is 324 g/mol. The minimum absolute atomic E-state index is 0.0946. The van der Waals surface area contributed by atoms with Gasteiger partial charge in [0.1, 0.15) is 5.37 Å². The number of amides is 1. The lowest BCUT2D eigenvalue weighted by molar-refractivity contribution is -0.115. The molecule has 20 heavy (non-hydrogen) atoms. The Kier molecular flexibility index (Phi) is 3.92. The number of thioether (sulfide) groups is 1. The lowest BCUT2D eigenvalue weighted by Gasteiger charge is -2.25. The van der Waals surface area contributed by atoms with Crippen molar-refractivity contribution in [3.05, 3.63) is 64.1 Å². The van der Waals surface area contributed by atoms with Crippen LogP contribution in [0.15, 0.2) is 48.5 Å². The monoisotopic (exact) mass is 323 g/mol. The zero-order valence-corrected chi connectivity index (χ0v) is 12.8. The molecule has 0 saturated carbocycles. The van der Waals surface area contributed by atoms with Crippen molar-refractivity contribution in [2.24, 2.45) is 0 Å². The maximum Gasteiger partial charge on any atom is 0.238 e. The van der Waals surface area contributed by atoms with Crippen LogP contribution in [0.3, 0.4) is 0 Å². The Morgan fingerprint density at radius 2 is 1.85 bits per heavy atom. The van der Waals surface area contributed by atoms with Gasteiger partial charge < -0.3 is 0 Å². The van der Waals surface area contributed by atoms with Crippen LogP contribution in [0.4, 0.5) is 5.69 Å². The van der Waals surface area contributed by atoms with E-state index >= 15 is 0 Å². The number of carbonyl (C=O) groups is 1. The Labute approximate surface area is 131 Å². The summed E-state index contributed by atoms with van der Waals surface area (Å²) in [6, 6.07) is 15.0. The summed E-state index contributed by atoms with van der Waals surface area (Å²) in [6.45, 7) is 0. The van der Waals surface area contributed by atoms with Crippen molar-refractivity contribution in [3.8, 4) is 0 Å². The molecule has 0 unspecified atom stereocenters. The van der Waals surface area contributed by atoms with Gasteiger partial charge in [-0.25, -0.2) is 0 Å². The Morgan fingerprint density at radius 3 is 2.55 bits per heavy atom. The van der Waals surface area contributed by atoms with Gasteiger partial charge in [-0.15, -0.1) is 11.8 Å². The maximum atomic E-state index is 12.2. The van der Waals surface area contributed by atoms with Gasteiger partial charge >= 0.3 is 0 Å². The number of hydrogen-bond acceptors (Lipinski definition) is 2. The van der Waals surface area contributed by atoms with Gasteiger partial charge in [-0.05, 0) is 24.3 Å². The van der Waals surface area contributed by atoms with Crippen molar-refractivity contribution in [2.45, 2.75) is 5.37 Å². The van der Waals surface area contributed by atoms with E-state index < -0.39 is 0 Å². The van der Waals surface area contributed by atoms with E-state index in [4.69, 9.17) is 23.2 Å². The van der Waals surface area contributed by atoms with Crippen LogP contribution in [0.1, 0.15) is 10.9 Å². The van der Waals surface area contributed by atoms with Gasteiger partial charge in [0.25, 0.3) is 0 Å². The highest BCUT2D eigenvalue weighted by molar-refractivity contribution is 8.00. The quantitative estimate of drug-likeness (QED) is 0.793. The van der Waals surface area contributed by atoms with E-state index in [-0.39, 0.29) is 11.3 Å². The molecule has 1 amide bonds. The Hall–Kier alpha value is -1.16. The first kappa shape index (κ1) is 13.8. The van der Waals surface area contributed by atoms with Crippen LogP contribution in [0, 0.1) is 0 Å². The molecule has 1 fully saturated rings. The molecule has 1 aliphatic heterocycles. The van der Waals surface area contributed by atoms with Gasteiger partial charge in [-0.1, -0.05) is 47.5 Å². The normalized spacial score (nSPS) is 18.6. The predicted octanol–water partition coefficient (Wildman–Crippen LogP) is 4.77. The third kappa shape index (κ3) is 2.53. The number of hydrogen-bond donors (Lipinski definition) is 0. The van der Waals surface area contributed by atoms with Crippen LogP contribution < -0.4 is 4.90 Å². The second-order valence-electron chi connectivity index (χ2n) is 4.43. The third-order valence-corrected chi connectivity index (χ3v) is 4.89. The molecule has 2 aromatic rings. The minimum atomic E-state index is -0.102. The standard InChI is InChI=1S/C15H11Cl2NOS/c16-10-6-7-12(13(17)8-10)15-18(14(19)9-20-15)11-4-2-1-3-5-11/h1-8,15H,9H2/t15-/m0/s1. The summed E-state index contributed by atoms with van der Waals surface area (Å²) in [5.41, 5.74) is 1.80. The van der Waals surface area contributed by atoms with E-state index in [9.17, 15) is 4.79 Å². The molecule has 1 aliphatic rings. The average Bonchev–Trinajstić information content (AvgIpc) is 2.81. The summed E-state index contributed by atoms with van der Waals surface area (Å²) in [4.78, 5) is 14.0. The summed E-state index contributed by atoms with van der Waals surface area (Å²) in [7, 11) is 0. The smallest absolute Gasteiger partial charge is 0.238 e. The van der Waals surface area contributed by atoms with Gasteiger partial charge in [0.05, 0.1) is 5.75 Å². The van der Waals surface area contributed by atoms with Gasteiger partial charge in [-0.3, -0.25) is 9.69 Å². The van der Waals surface area contributed by atoms with Crippen LogP contribution in [-0.2, 0) is 4.79 Å². The molecule has 0 aliphatic carbocycles. The summed E-state index contributed by atoms with van der Waals surface area (Å²) in [5, 5.41) is 1.08. The Morgan fingerprint density at radius 1 is 1.10 bits per heavy atom. The first-order valence-corrected chi connectivity index (χ1v) is 7.91. The fourth-order valence-electron chi connectivity index (χ4n) is 2.22. The van der Waals surface area contributed by atoms with E-state index in [0.717, 1.165) is 11.3 Å². The molecule has 1 atom stereocenters. The van der Waals surface area contributed by atoms with Crippen LogP contribution in [0.25, 0.3) is 0 Å². The zero-order valence-electron chi connectivity index (χ0n) is 10.4. The van der Waals surface area contributed by atoms with Crippen molar-refractivity contribution in [1.82, 2.24) is 0 Å². The molecule has 1 saturated heterocycles. The summed E-state index contributed by atoms with van der Waals surface area (Å²) in [6.07, 6.45) is 0. The van der Waals surface area contributed by atoms with E-state index in [0.29, 0.717) is 15.8 Å². The van der Waals surface area contributed by atoms with Gasteiger partial charge in [0.15, 0.2) is 0 Å². The topological polar surface area (TPSA) is 20.3 Å². The number of rotatable bonds is 2. The Balaban J connectivity index is 2.02.